The Morgan fingerprint density at radius 2 is 1.39 bits per heavy atom. The number of benzene rings is 2. The van der Waals surface area contributed by atoms with Crippen LogP contribution in [0.4, 0.5) is 0 Å². The molecule has 0 amide bonds. The van der Waals surface area contributed by atoms with E-state index in [0.717, 1.165) is 11.3 Å². The van der Waals surface area contributed by atoms with E-state index >= 15 is 0 Å². The zero-order chi connectivity index (χ0) is 13.0. The van der Waals surface area contributed by atoms with Gasteiger partial charge in [0.15, 0.2) is 0 Å². The fraction of sp³-hybridized carbons (Fsp3) is 0.250. The van der Waals surface area contributed by atoms with Crippen molar-refractivity contribution in [1.82, 2.24) is 0 Å². The molecule has 0 aliphatic carbocycles. The molecule has 0 aromatic heterocycles. The zero-order valence-electron chi connectivity index (χ0n) is 10.7. The zero-order valence-corrected chi connectivity index (χ0v) is 10.7. The molecule has 2 atom stereocenters. The first-order valence-electron chi connectivity index (χ1n) is 6.17. The molecule has 2 aromatic rings. The second-order valence-corrected chi connectivity index (χ2v) is 4.45. The van der Waals surface area contributed by atoms with Crippen molar-refractivity contribution < 1.29 is 9.84 Å². The van der Waals surface area contributed by atoms with E-state index in [-0.39, 0.29) is 6.10 Å². The van der Waals surface area contributed by atoms with Crippen molar-refractivity contribution in [3.05, 3.63) is 54.6 Å². The molecule has 2 nitrogen and oxygen atoms in total. The molecule has 0 heterocycles. The Labute approximate surface area is 108 Å². The van der Waals surface area contributed by atoms with Gasteiger partial charge >= 0.3 is 0 Å². The quantitative estimate of drug-likeness (QED) is 0.889. The summed E-state index contributed by atoms with van der Waals surface area (Å²) >= 11 is 0. The molecule has 0 saturated heterocycles. The van der Waals surface area contributed by atoms with Crippen LogP contribution in [0, 0.1) is 0 Å². The highest BCUT2D eigenvalue weighted by Crippen LogP contribution is 2.22. The lowest BCUT2D eigenvalue weighted by Crippen LogP contribution is -2.25. The van der Waals surface area contributed by atoms with Gasteiger partial charge in [0.25, 0.3) is 0 Å². The molecule has 0 aliphatic rings. The average Bonchev–Trinajstić information content (AvgIpc) is 2.40. The van der Waals surface area contributed by atoms with Gasteiger partial charge in [-0.1, -0.05) is 42.5 Å². The van der Waals surface area contributed by atoms with Gasteiger partial charge in [-0.05, 0) is 37.1 Å². The molecule has 2 heteroatoms. The highest BCUT2D eigenvalue weighted by atomic mass is 16.5. The second kappa shape index (κ2) is 5.69. The monoisotopic (exact) mass is 242 g/mol. The van der Waals surface area contributed by atoms with E-state index in [0.29, 0.717) is 0 Å². The van der Waals surface area contributed by atoms with Crippen LogP contribution in [0.5, 0.6) is 5.75 Å². The molecule has 0 aliphatic heterocycles. The topological polar surface area (TPSA) is 29.5 Å². The largest absolute Gasteiger partial charge is 0.488 e. The maximum atomic E-state index is 9.39. The lowest BCUT2D eigenvalue weighted by atomic mass is 10.1. The Morgan fingerprint density at radius 1 is 0.833 bits per heavy atom. The summed E-state index contributed by atoms with van der Waals surface area (Å²) in [5.41, 5.74) is 2.35. The lowest BCUT2D eigenvalue weighted by Gasteiger charge is -2.17. The van der Waals surface area contributed by atoms with Gasteiger partial charge in [0.05, 0.1) is 6.10 Å². The summed E-state index contributed by atoms with van der Waals surface area (Å²) in [4.78, 5) is 0. The van der Waals surface area contributed by atoms with Gasteiger partial charge < -0.3 is 9.84 Å². The summed E-state index contributed by atoms with van der Waals surface area (Å²) in [5.74, 6) is 0.781. The van der Waals surface area contributed by atoms with Gasteiger partial charge in [-0.2, -0.15) is 0 Å². The van der Waals surface area contributed by atoms with Gasteiger partial charge in [-0.15, -0.1) is 0 Å². The summed E-state index contributed by atoms with van der Waals surface area (Å²) in [5, 5.41) is 9.39. The third-order valence-corrected chi connectivity index (χ3v) is 2.96. The van der Waals surface area contributed by atoms with Crippen LogP contribution in [-0.4, -0.2) is 17.3 Å². The molecule has 0 spiro atoms. The molecular weight excluding hydrogens is 224 g/mol. The van der Waals surface area contributed by atoms with Gasteiger partial charge in [0.1, 0.15) is 11.9 Å². The summed E-state index contributed by atoms with van der Waals surface area (Å²) < 4.78 is 5.62. The van der Waals surface area contributed by atoms with Crippen molar-refractivity contribution in [3.8, 4) is 16.9 Å². The van der Waals surface area contributed by atoms with Crippen molar-refractivity contribution in [2.45, 2.75) is 26.1 Å². The average molecular weight is 242 g/mol. The Hall–Kier alpha value is -1.80. The predicted octanol–water partition coefficient (Wildman–Crippen LogP) is 3.50. The van der Waals surface area contributed by atoms with E-state index in [9.17, 15) is 5.11 Å². The smallest absolute Gasteiger partial charge is 0.121 e. The molecule has 94 valence electrons. The van der Waals surface area contributed by atoms with Crippen LogP contribution in [0.2, 0.25) is 0 Å². The molecule has 0 bridgehead atoms. The molecule has 0 saturated carbocycles. The van der Waals surface area contributed by atoms with Crippen molar-refractivity contribution >= 4 is 0 Å². The second-order valence-electron chi connectivity index (χ2n) is 4.45. The minimum Gasteiger partial charge on any atom is -0.488 e. The summed E-state index contributed by atoms with van der Waals surface area (Å²) in [6.45, 7) is 3.58. The van der Waals surface area contributed by atoms with Gasteiger partial charge in [-0.25, -0.2) is 0 Å². The molecule has 1 unspecified atom stereocenters. The number of hydrogen-bond acceptors (Lipinski definition) is 2. The van der Waals surface area contributed by atoms with Gasteiger partial charge in [-0.3, -0.25) is 0 Å². The number of aliphatic hydroxyl groups is 1. The number of hydrogen-bond donors (Lipinski definition) is 1. The molecular formula is C16H18O2. The Morgan fingerprint density at radius 3 is 1.94 bits per heavy atom. The van der Waals surface area contributed by atoms with Gasteiger partial charge in [0.2, 0.25) is 0 Å². The number of rotatable bonds is 4. The molecule has 0 radical (unpaired) electrons. The highest BCUT2D eigenvalue weighted by Gasteiger charge is 2.09. The Balaban J connectivity index is 2.11. The summed E-state index contributed by atoms with van der Waals surface area (Å²) in [6.07, 6.45) is -0.675. The molecule has 2 aromatic carbocycles. The van der Waals surface area contributed by atoms with Crippen LogP contribution < -0.4 is 4.74 Å². The SMILES string of the molecule is CC(Oc1ccc(-c2ccccc2)cc1)[C@H](C)O. The normalized spacial score (nSPS) is 13.9. The minimum atomic E-state index is -0.473. The molecule has 18 heavy (non-hydrogen) atoms. The van der Waals surface area contributed by atoms with Crippen molar-refractivity contribution in [3.63, 3.8) is 0 Å². The van der Waals surface area contributed by atoms with E-state index in [1.54, 1.807) is 6.92 Å². The molecule has 1 N–H and O–H groups in total. The first-order chi connectivity index (χ1) is 8.66. The maximum Gasteiger partial charge on any atom is 0.121 e. The first-order valence-corrected chi connectivity index (χ1v) is 6.17. The third-order valence-electron chi connectivity index (χ3n) is 2.96. The first kappa shape index (κ1) is 12.7. The standard InChI is InChI=1S/C16H18O2/c1-12(17)13(2)18-16-10-8-15(9-11-16)14-6-4-3-5-7-14/h3-13,17H,1-2H3/t12-,13?/m0/s1. The van der Waals surface area contributed by atoms with Crippen molar-refractivity contribution in [1.29, 1.82) is 0 Å². The van der Waals surface area contributed by atoms with E-state index in [1.807, 2.05) is 49.4 Å². The summed E-state index contributed by atoms with van der Waals surface area (Å²) in [6, 6.07) is 18.1. The fourth-order valence-electron chi connectivity index (χ4n) is 1.67. The van der Waals surface area contributed by atoms with Crippen molar-refractivity contribution in [2.75, 3.05) is 0 Å². The maximum absolute atomic E-state index is 9.39. The third kappa shape index (κ3) is 3.11. The predicted molar refractivity (Wildman–Crippen MR) is 73.6 cm³/mol. The summed E-state index contributed by atoms with van der Waals surface area (Å²) in [7, 11) is 0. The van der Waals surface area contributed by atoms with E-state index in [1.165, 1.54) is 5.56 Å². The minimum absolute atomic E-state index is 0.201. The van der Waals surface area contributed by atoms with E-state index in [4.69, 9.17) is 4.74 Å². The fourth-order valence-corrected chi connectivity index (χ4v) is 1.67. The number of aliphatic hydroxyl groups excluding tert-OH is 1. The van der Waals surface area contributed by atoms with Gasteiger partial charge in [0, 0.05) is 0 Å². The molecule has 2 rings (SSSR count). The van der Waals surface area contributed by atoms with E-state index in [2.05, 4.69) is 12.1 Å². The van der Waals surface area contributed by atoms with Crippen molar-refractivity contribution in [2.24, 2.45) is 0 Å². The number of ether oxygens (including phenoxy) is 1. The van der Waals surface area contributed by atoms with Crippen LogP contribution in [-0.2, 0) is 0 Å². The molecule has 0 fully saturated rings. The van der Waals surface area contributed by atoms with Crippen LogP contribution in [0.3, 0.4) is 0 Å². The highest BCUT2D eigenvalue weighted by molar-refractivity contribution is 5.63. The van der Waals surface area contributed by atoms with Crippen LogP contribution in [0.1, 0.15) is 13.8 Å². The van der Waals surface area contributed by atoms with Crippen LogP contribution in [0.15, 0.2) is 54.6 Å². The lowest BCUT2D eigenvalue weighted by molar-refractivity contribution is 0.0604. The van der Waals surface area contributed by atoms with Crippen LogP contribution in [0.25, 0.3) is 11.1 Å². The Bertz CT molecular complexity index is 474. The van der Waals surface area contributed by atoms with E-state index < -0.39 is 6.10 Å². The van der Waals surface area contributed by atoms with Crippen LogP contribution >= 0.6 is 0 Å². The Kier molecular flexibility index (Phi) is 4.00.